The Hall–Kier alpha value is -2.98. The molecule has 9 nitrogen and oxygen atoms in total. The van der Waals surface area contributed by atoms with Crippen LogP contribution in [0.25, 0.3) is 0 Å². The fourth-order valence-corrected chi connectivity index (χ4v) is 3.22. The molecule has 0 radical (unpaired) electrons. The first-order valence-corrected chi connectivity index (χ1v) is 8.30. The maximum atomic E-state index is 12.5. The van der Waals surface area contributed by atoms with Crippen molar-refractivity contribution in [2.75, 3.05) is 7.11 Å². The number of nitrogens with one attached hydrogen (secondary N) is 1. The minimum Gasteiger partial charge on any atom is -0.472 e. The van der Waals surface area contributed by atoms with E-state index < -0.39 is 27.0 Å². The largest absolute Gasteiger partial charge is 0.472 e. The first kappa shape index (κ1) is 18.4. The summed E-state index contributed by atoms with van der Waals surface area (Å²) in [4.78, 5) is 21.5. The molecule has 0 aliphatic carbocycles. The van der Waals surface area contributed by atoms with Crippen LogP contribution in [0.4, 0.5) is 5.69 Å². The molecule has 25 heavy (non-hydrogen) atoms. The average Bonchev–Trinajstić information content (AvgIpc) is 3.12. The van der Waals surface area contributed by atoms with Gasteiger partial charge in [0.1, 0.15) is 0 Å². The number of sulfonamides is 1. The molecule has 0 fully saturated rings. The Morgan fingerprint density at radius 1 is 1.32 bits per heavy atom. The lowest BCUT2D eigenvalue weighted by Crippen LogP contribution is -2.31. The smallest absolute Gasteiger partial charge is 0.335 e. The van der Waals surface area contributed by atoms with Crippen molar-refractivity contribution in [3.05, 3.63) is 70.7 Å². The lowest BCUT2D eigenvalue weighted by molar-refractivity contribution is -0.384. The van der Waals surface area contributed by atoms with Crippen molar-refractivity contribution in [2.24, 2.45) is 0 Å². The highest BCUT2D eigenvalue weighted by atomic mass is 32.2. The summed E-state index contributed by atoms with van der Waals surface area (Å²) < 4.78 is 36.9. The Morgan fingerprint density at radius 2 is 1.96 bits per heavy atom. The van der Waals surface area contributed by atoms with Crippen LogP contribution in [0.3, 0.4) is 0 Å². The second-order valence-electron chi connectivity index (χ2n) is 4.88. The van der Waals surface area contributed by atoms with Gasteiger partial charge in [-0.05, 0) is 18.2 Å². The molecule has 1 atom stereocenters. The summed E-state index contributed by atoms with van der Waals surface area (Å²) in [5.74, 6) is -0.794. The van der Waals surface area contributed by atoms with Crippen LogP contribution >= 0.6 is 0 Å². The van der Waals surface area contributed by atoms with E-state index in [-0.39, 0.29) is 16.2 Å². The van der Waals surface area contributed by atoms with Gasteiger partial charge < -0.3 is 9.15 Å². The van der Waals surface area contributed by atoms with Gasteiger partial charge in [-0.3, -0.25) is 10.1 Å². The first-order valence-electron chi connectivity index (χ1n) is 6.82. The molecule has 1 N–H and O–H groups in total. The third-order valence-corrected chi connectivity index (χ3v) is 4.74. The van der Waals surface area contributed by atoms with Crippen LogP contribution in [0.2, 0.25) is 0 Å². The van der Waals surface area contributed by atoms with Crippen LogP contribution in [-0.2, 0) is 19.6 Å². The molecule has 0 saturated carbocycles. The summed E-state index contributed by atoms with van der Waals surface area (Å²) in [5.41, 5.74) is -0.0421. The standard InChI is InChI=1S/C15H14N2O7S/c1-10(15(18)23-2)14(11-7-8-24-9-11)16-25(21,22)13-5-3-12(4-6-13)17(19)20/h3-9,14,16H,1H2,2H3/t14-/m1/s1. The van der Waals surface area contributed by atoms with E-state index >= 15 is 0 Å². The number of methoxy groups -OCH3 is 1. The molecule has 2 rings (SSSR count). The maximum Gasteiger partial charge on any atom is 0.335 e. The molecule has 0 unspecified atom stereocenters. The zero-order valence-electron chi connectivity index (χ0n) is 13.0. The first-order chi connectivity index (χ1) is 11.8. The number of non-ortho nitro benzene ring substituents is 1. The second kappa shape index (κ2) is 7.28. The Kier molecular flexibility index (Phi) is 5.35. The van der Waals surface area contributed by atoms with E-state index in [0.29, 0.717) is 5.56 Å². The summed E-state index contributed by atoms with van der Waals surface area (Å²) >= 11 is 0. The highest BCUT2D eigenvalue weighted by molar-refractivity contribution is 7.89. The molecule has 0 bridgehead atoms. The number of furan rings is 1. The number of hydrogen-bond acceptors (Lipinski definition) is 7. The highest BCUT2D eigenvalue weighted by Crippen LogP contribution is 2.25. The number of nitro groups is 1. The molecule has 1 aromatic carbocycles. The summed E-state index contributed by atoms with van der Waals surface area (Å²) in [6, 6.07) is 4.66. The van der Waals surface area contributed by atoms with Crippen molar-refractivity contribution >= 4 is 21.7 Å². The number of nitrogens with zero attached hydrogens (tertiary/aromatic N) is 1. The number of ether oxygens (including phenoxy) is 1. The normalized spacial score (nSPS) is 12.4. The molecule has 0 amide bonds. The van der Waals surface area contributed by atoms with Gasteiger partial charge in [-0.25, -0.2) is 13.2 Å². The van der Waals surface area contributed by atoms with Crippen molar-refractivity contribution in [2.45, 2.75) is 10.9 Å². The van der Waals surface area contributed by atoms with E-state index in [1.807, 2.05) is 0 Å². The van der Waals surface area contributed by atoms with Gasteiger partial charge in [-0.1, -0.05) is 6.58 Å². The number of hydrogen-bond donors (Lipinski definition) is 1. The van der Waals surface area contributed by atoms with Crippen molar-refractivity contribution < 1.29 is 27.3 Å². The van der Waals surface area contributed by atoms with E-state index in [4.69, 9.17) is 4.42 Å². The van der Waals surface area contributed by atoms with Crippen LogP contribution in [0.5, 0.6) is 0 Å². The van der Waals surface area contributed by atoms with Crippen LogP contribution in [0.15, 0.2) is 64.3 Å². The van der Waals surface area contributed by atoms with Gasteiger partial charge in [0.25, 0.3) is 5.69 Å². The second-order valence-corrected chi connectivity index (χ2v) is 6.59. The Balaban J connectivity index is 2.35. The lowest BCUT2D eigenvalue weighted by Gasteiger charge is -2.18. The number of esters is 1. The molecule has 0 aliphatic heterocycles. The van der Waals surface area contributed by atoms with Crippen LogP contribution < -0.4 is 4.72 Å². The Bertz CT molecular complexity index is 886. The monoisotopic (exact) mass is 366 g/mol. The molecule has 132 valence electrons. The Morgan fingerprint density at radius 3 is 2.44 bits per heavy atom. The molecule has 10 heteroatoms. The third-order valence-electron chi connectivity index (χ3n) is 3.30. The number of benzene rings is 1. The summed E-state index contributed by atoms with van der Waals surface area (Å²) in [5, 5.41) is 10.7. The van der Waals surface area contributed by atoms with Crippen LogP contribution in [-0.4, -0.2) is 26.4 Å². The molecule has 0 aliphatic rings. The van der Waals surface area contributed by atoms with Crippen molar-refractivity contribution in [1.29, 1.82) is 0 Å². The van der Waals surface area contributed by atoms with Gasteiger partial charge in [0.2, 0.25) is 10.0 Å². The number of carbonyl (C=O) groups excluding carboxylic acids is 1. The van der Waals surface area contributed by atoms with Gasteiger partial charge >= 0.3 is 5.97 Å². The van der Waals surface area contributed by atoms with Gasteiger partial charge in [-0.2, -0.15) is 4.72 Å². The predicted molar refractivity (Wildman–Crippen MR) is 86.0 cm³/mol. The molecular weight excluding hydrogens is 352 g/mol. The summed E-state index contributed by atoms with van der Waals surface area (Å²) in [6.07, 6.45) is 2.57. The van der Waals surface area contributed by atoms with E-state index in [2.05, 4.69) is 16.0 Å². The zero-order valence-corrected chi connectivity index (χ0v) is 13.9. The van der Waals surface area contributed by atoms with Crippen molar-refractivity contribution in [1.82, 2.24) is 4.72 Å². The van der Waals surface area contributed by atoms with E-state index in [0.717, 1.165) is 31.4 Å². The van der Waals surface area contributed by atoms with Crippen molar-refractivity contribution in [3.8, 4) is 0 Å². The van der Waals surface area contributed by atoms with Crippen molar-refractivity contribution in [3.63, 3.8) is 0 Å². The predicted octanol–water partition coefficient (Wildman–Crippen LogP) is 1.94. The minimum atomic E-state index is -4.10. The molecule has 0 saturated heterocycles. The summed E-state index contributed by atoms with van der Waals surface area (Å²) in [7, 11) is -2.95. The number of nitro benzene ring substituents is 1. The van der Waals surface area contributed by atoms with Gasteiger partial charge in [0, 0.05) is 17.7 Å². The minimum absolute atomic E-state index is 0.144. The zero-order chi connectivity index (χ0) is 18.6. The molecular formula is C15H14N2O7S. The maximum absolute atomic E-state index is 12.5. The molecule has 1 aromatic heterocycles. The van der Waals surface area contributed by atoms with Gasteiger partial charge in [0.15, 0.2) is 0 Å². The number of rotatable bonds is 7. The van der Waals surface area contributed by atoms with E-state index in [9.17, 15) is 23.3 Å². The molecule has 2 aromatic rings. The molecule has 1 heterocycles. The quantitative estimate of drug-likeness (QED) is 0.343. The summed E-state index contributed by atoms with van der Waals surface area (Å²) in [6.45, 7) is 3.56. The average molecular weight is 366 g/mol. The van der Waals surface area contributed by atoms with Crippen LogP contribution in [0, 0.1) is 10.1 Å². The van der Waals surface area contributed by atoms with Crippen LogP contribution in [0.1, 0.15) is 11.6 Å². The van der Waals surface area contributed by atoms with E-state index in [1.165, 1.54) is 18.6 Å². The highest BCUT2D eigenvalue weighted by Gasteiger charge is 2.28. The van der Waals surface area contributed by atoms with Gasteiger partial charge in [0.05, 0.1) is 41.1 Å². The Labute approximate surface area is 143 Å². The third kappa shape index (κ3) is 4.11. The number of carbonyl (C=O) groups is 1. The van der Waals surface area contributed by atoms with E-state index in [1.54, 1.807) is 0 Å². The fraction of sp³-hybridized carbons (Fsp3) is 0.133. The van der Waals surface area contributed by atoms with Gasteiger partial charge in [-0.15, -0.1) is 0 Å². The lowest BCUT2D eigenvalue weighted by atomic mass is 10.0. The fourth-order valence-electron chi connectivity index (χ4n) is 2.00. The topological polar surface area (TPSA) is 129 Å². The molecule has 0 spiro atoms. The SMILES string of the molecule is C=C(C(=O)OC)[C@@H](NS(=O)(=O)c1ccc([N+](=O)[O-])cc1)c1ccoc1.